The molecule has 7 nitrogen and oxygen atoms in total. The molecule has 0 radical (unpaired) electrons. The smallest absolute Gasteiger partial charge is 0.225 e. The van der Waals surface area contributed by atoms with Crippen molar-refractivity contribution in [3.63, 3.8) is 0 Å². The van der Waals surface area contributed by atoms with Crippen molar-refractivity contribution < 1.29 is 9.21 Å². The predicted molar refractivity (Wildman–Crippen MR) is 131 cm³/mol. The minimum atomic E-state index is 0. The number of rotatable bonds is 7. The number of guanidine groups is 1. The first kappa shape index (κ1) is 25.0. The Morgan fingerprint density at radius 1 is 1.27 bits per heavy atom. The minimum absolute atomic E-state index is 0. The fourth-order valence-corrected chi connectivity index (χ4v) is 4.21. The van der Waals surface area contributed by atoms with Gasteiger partial charge in [0.2, 0.25) is 5.91 Å². The second kappa shape index (κ2) is 11.9. The number of amides is 1. The van der Waals surface area contributed by atoms with Gasteiger partial charge in [-0.1, -0.05) is 13.8 Å². The van der Waals surface area contributed by atoms with E-state index in [-0.39, 0.29) is 47.9 Å². The molecule has 2 aliphatic rings. The van der Waals surface area contributed by atoms with Gasteiger partial charge in [-0.2, -0.15) is 0 Å². The van der Waals surface area contributed by atoms with Crippen LogP contribution < -0.4 is 10.6 Å². The zero-order chi connectivity index (χ0) is 20.8. The van der Waals surface area contributed by atoms with Gasteiger partial charge in [0.1, 0.15) is 11.5 Å². The van der Waals surface area contributed by atoms with E-state index in [1.807, 2.05) is 31.7 Å². The Hall–Kier alpha value is -1.29. The highest BCUT2D eigenvalue weighted by molar-refractivity contribution is 14.0. The fourth-order valence-electron chi connectivity index (χ4n) is 4.21. The third-order valence-electron chi connectivity index (χ3n) is 5.77. The Morgan fingerprint density at radius 2 is 2.00 bits per heavy atom. The molecule has 170 valence electrons. The number of nitrogens with one attached hydrogen (secondary N) is 2. The Balaban J connectivity index is 0.00000320. The van der Waals surface area contributed by atoms with Gasteiger partial charge >= 0.3 is 0 Å². The third kappa shape index (κ3) is 6.60. The number of hydrogen-bond donors (Lipinski definition) is 2. The summed E-state index contributed by atoms with van der Waals surface area (Å²) in [4.78, 5) is 21.6. The lowest BCUT2D eigenvalue weighted by atomic mass is 10.2. The number of furan rings is 1. The van der Waals surface area contributed by atoms with Crippen LogP contribution in [0.4, 0.5) is 0 Å². The molecule has 1 amide bonds. The molecule has 1 aromatic rings. The van der Waals surface area contributed by atoms with E-state index in [9.17, 15) is 4.79 Å². The molecule has 0 bridgehead atoms. The topological polar surface area (TPSA) is 73.1 Å². The summed E-state index contributed by atoms with van der Waals surface area (Å²) in [6.45, 7) is 13.2. The van der Waals surface area contributed by atoms with E-state index < -0.39 is 0 Å². The fraction of sp³-hybridized carbons (Fsp3) is 0.727. The van der Waals surface area contributed by atoms with E-state index in [0.29, 0.717) is 6.54 Å². The number of hydrogen-bond acceptors (Lipinski definition) is 4. The van der Waals surface area contributed by atoms with Gasteiger partial charge in [-0.05, 0) is 58.3 Å². The van der Waals surface area contributed by atoms with Gasteiger partial charge in [-0.3, -0.25) is 14.7 Å². The number of likely N-dealkylation sites (tertiary alicyclic amines) is 2. The van der Waals surface area contributed by atoms with Crippen LogP contribution in [0.25, 0.3) is 0 Å². The maximum absolute atomic E-state index is 12.3. The van der Waals surface area contributed by atoms with Gasteiger partial charge in [0.25, 0.3) is 0 Å². The number of carbonyl (C=O) groups is 1. The molecule has 2 fully saturated rings. The van der Waals surface area contributed by atoms with Gasteiger partial charge in [-0.25, -0.2) is 0 Å². The molecule has 3 heterocycles. The Labute approximate surface area is 198 Å². The molecule has 0 aromatic carbocycles. The van der Waals surface area contributed by atoms with Crippen molar-refractivity contribution in [2.45, 2.75) is 59.0 Å². The van der Waals surface area contributed by atoms with Gasteiger partial charge < -0.3 is 20.0 Å². The van der Waals surface area contributed by atoms with E-state index in [0.717, 1.165) is 56.6 Å². The molecule has 1 aromatic heterocycles. The Morgan fingerprint density at radius 3 is 2.60 bits per heavy atom. The molecule has 0 saturated carbocycles. The van der Waals surface area contributed by atoms with Crippen molar-refractivity contribution in [3.05, 3.63) is 23.7 Å². The van der Waals surface area contributed by atoms with Crippen molar-refractivity contribution >= 4 is 35.8 Å². The standard InChI is InChI=1S/C22H37N5O2.HI/c1-5-23-22(25-18-10-13-27(15-18)21(28)16(2)3)24-14-19(26-11-6-7-12-26)20-9-8-17(4)29-20;/h8-9,16,18-19H,5-7,10-15H2,1-4H3,(H2,23,24,25);1H. The maximum atomic E-state index is 12.3. The molecule has 2 aliphatic heterocycles. The second-order valence-electron chi connectivity index (χ2n) is 8.50. The molecule has 0 aliphatic carbocycles. The average Bonchev–Trinajstić information content (AvgIpc) is 3.44. The van der Waals surface area contributed by atoms with Gasteiger partial charge in [-0.15, -0.1) is 24.0 Å². The molecule has 0 spiro atoms. The molecule has 8 heteroatoms. The monoisotopic (exact) mass is 531 g/mol. The van der Waals surface area contributed by atoms with E-state index >= 15 is 0 Å². The SMILES string of the molecule is CCNC(=NCC(c1ccc(C)o1)N1CCCC1)NC1CCN(C(=O)C(C)C)C1.I. The normalized spacial score (nSPS) is 21.0. The van der Waals surface area contributed by atoms with Crippen molar-refractivity contribution in [3.8, 4) is 0 Å². The summed E-state index contributed by atoms with van der Waals surface area (Å²) in [5, 5.41) is 6.90. The summed E-state index contributed by atoms with van der Waals surface area (Å²) in [5.74, 6) is 3.05. The van der Waals surface area contributed by atoms with Crippen LogP contribution >= 0.6 is 24.0 Å². The van der Waals surface area contributed by atoms with Crippen LogP contribution in [0.5, 0.6) is 0 Å². The van der Waals surface area contributed by atoms with Crippen molar-refractivity contribution in [1.29, 1.82) is 0 Å². The second-order valence-corrected chi connectivity index (χ2v) is 8.50. The average molecular weight is 531 g/mol. The molecule has 2 unspecified atom stereocenters. The first-order valence-electron chi connectivity index (χ1n) is 11.1. The van der Waals surface area contributed by atoms with E-state index in [1.54, 1.807) is 0 Å². The van der Waals surface area contributed by atoms with Crippen molar-refractivity contribution in [2.75, 3.05) is 39.3 Å². The molecule has 30 heavy (non-hydrogen) atoms. The molecule has 2 atom stereocenters. The summed E-state index contributed by atoms with van der Waals surface area (Å²) in [5.41, 5.74) is 0. The largest absolute Gasteiger partial charge is 0.465 e. The lowest BCUT2D eigenvalue weighted by Gasteiger charge is -2.25. The summed E-state index contributed by atoms with van der Waals surface area (Å²) >= 11 is 0. The van der Waals surface area contributed by atoms with Crippen LogP contribution in [-0.2, 0) is 4.79 Å². The number of aliphatic imine (C=N–C) groups is 1. The molecule has 2 N–H and O–H groups in total. The molecular weight excluding hydrogens is 493 g/mol. The van der Waals surface area contributed by atoms with Gasteiger partial charge in [0.15, 0.2) is 5.96 Å². The molecular formula is C22H38IN5O2. The number of nitrogens with zero attached hydrogens (tertiary/aromatic N) is 3. The first-order chi connectivity index (χ1) is 14.0. The summed E-state index contributed by atoms with van der Waals surface area (Å²) < 4.78 is 5.95. The van der Waals surface area contributed by atoms with Crippen molar-refractivity contribution in [2.24, 2.45) is 10.9 Å². The van der Waals surface area contributed by atoms with Crippen LogP contribution in [0.15, 0.2) is 21.5 Å². The maximum Gasteiger partial charge on any atom is 0.225 e. The van der Waals surface area contributed by atoms with E-state index in [2.05, 4.69) is 28.5 Å². The Bertz CT molecular complexity index is 699. The third-order valence-corrected chi connectivity index (χ3v) is 5.77. The zero-order valence-electron chi connectivity index (χ0n) is 18.8. The summed E-state index contributed by atoms with van der Waals surface area (Å²) in [7, 11) is 0. The van der Waals surface area contributed by atoms with Crippen LogP contribution in [0.1, 0.15) is 57.6 Å². The lowest BCUT2D eigenvalue weighted by molar-refractivity contribution is -0.133. The van der Waals surface area contributed by atoms with Crippen LogP contribution in [-0.4, -0.2) is 67.0 Å². The Kier molecular flexibility index (Phi) is 9.93. The number of halogens is 1. The molecule has 2 saturated heterocycles. The van der Waals surface area contributed by atoms with Crippen molar-refractivity contribution in [1.82, 2.24) is 20.4 Å². The van der Waals surface area contributed by atoms with Crippen LogP contribution in [0.3, 0.4) is 0 Å². The first-order valence-corrected chi connectivity index (χ1v) is 11.1. The van der Waals surface area contributed by atoms with Gasteiger partial charge in [0.05, 0.1) is 12.6 Å². The van der Waals surface area contributed by atoms with Gasteiger partial charge in [0, 0.05) is 31.6 Å². The summed E-state index contributed by atoms with van der Waals surface area (Å²) in [6.07, 6.45) is 3.43. The zero-order valence-corrected chi connectivity index (χ0v) is 21.1. The predicted octanol–water partition coefficient (Wildman–Crippen LogP) is 3.15. The highest BCUT2D eigenvalue weighted by Gasteiger charge is 2.29. The quantitative estimate of drug-likeness (QED) is 0.322. The minimum Gasteiger partial charge on any atom is -0.465 e. The highest BCUT2D eigenvalue weighted by Crippen LogP contribution is 2.27. The van der Waals surface area contributed by atoms with Crippen LogP contribution in [0.2, 0.25) is 0 Å². The number of carbonyl (C=O) groups excluding carboxylic acids is 1. The molecule has 3 rings (SSSR count). The van der Waals surface area contributed by atoms with E-state index in [4.69, 9.17) is 9.41 Å². The lowest BCUT2D eigenvalue weighted by Crippen LogP contribution is -2.45. The number of aryl methyl sites for hydroxylation is 1. The van der Waals surface area contributed by atoms with Crippen LogP contribution in [0, 0.1) is 12.8 Å². The highest BCUT2D eigenvalue weighted by atomic mass is 127. The van der Waals surface area contributed by atoms with E-state index in [1.165, 1.54) is 12.8 Å². The summed E-state index contributed by atoms with van der Waals surface area (Å²) in [6, 6.07) is 4.53.